The molecule has 27 heavy (non-hydrogen) atoms. The number of carbonyl (C=O) groups excluding carboxylic acids is 2. The normalized spacial score (nSPS) is 18.7. The van der Waals surface area contributed by atoms with Gasteiger partial charge < -0.3 is 10.6 Å². The number of amides is 2. The zero-order valence-electron chi connectivity index (χ0n) is 14.6. The highest BCUT2D eigenvalue weighted by Gasteiger charge is 2.48. The lowest BCUT2D eigenvalue weighted by Crippen LogP contribution is -2.27. The Morgan fingerprint density at radius 2 is 1.70 bits per heavy atom. The Labute approximate surface area is 154 Å². The van der Waals surface area contributed by atoms with E-state index in [9.17, 15) is 22.8 Å². The lowest BCUT2D eigenvalue weighted by Gasteiger charge is -2.10. The molecule has 0 saturated heterocycles. The molecule has 2 atom stereocenters. The Morgan fingerprint density at radius 1 is 1.04 bits per heavy atom. The van der Waals surface area contributed by atoms with Gasteiger partial charge in [-0.1, -0.05) is 35.9 Å². The minimum absolute atomic E-state index is 0.0699. The van der Waals surface area contributed by atoms with Crippen LogP contribution in [-0.4, -0.2) is 11.8 Å². The quantitative estimate of drug-likeness (QED) is 0.831. The minimum Gasteiger partial charge on any atom is -0.352 e. The summed E-state index contributed by atoms with van der Waals surface area (Å²) in [6.45, 7) is 2.34. The fraction of sp³-hybridized carbons (Fsp3) is 0.300. The molecule has 142 valence electrons. The summed E-state index contributed by atoms with van der Waals surface area (Å²) in [7, 11) is 0. The smallest absolute Gasteiger partial charge is 0.352 e. The third-order valence-electron chi connectivity index (χ3n) is 4.51. The summed E-state index contributed by atoms with van der Waals surface area (Å²) < 4.78 is 38.2. The van der Waals surface area contributed by atoms with Gasteiger partial charge >= 0.3 is 6.18 Å². The largest absolute Gasteiger partial charge is 0.416 e. The molecule has 7 heteroatoms. The number of anilines is 1. The van der Waals surface area contributed by atoms with Crippen molar-refractivity contribution in [2.45, 2.75) is 26.1 Å². The van der Waals surface area contributed by atoms with Gasteiger partial charge in [-0.2, -0.15) is 13.2 Å². The van der Waals surface area contributed by atoms with Crippen LogP contribution in [0.3, 0.4) is 0 Å². The molecule has 1 fully saturated rings. The third-order valence-corrected chi connectivity index (χ3v) is 4.51. The van der Waals surface area contributed by atoms with Gasteiger partial charge in [-0.05, 0) is 37.1 Å². The Morgan fingerprint density at radius 3 is 2.37 bits per heavy atom. The molecule has 0 heterocycles. The molecule has 1 aliphatic rings. The van der Waals surface area contributed by atoms with E-state index < -0.39 is 29.5 Å². The molecule has 2 aromatic rings. The fourth-order valence-corrected chi connectivity index (χ4v) is 2.81. The molecule has 0 spiro atoms. The van der Waals surface area contributed by atoms with Crippen molar-refractivity contribution in [2.24, 2.45) is 11.8 Å². The second-order valence-electron chi connectivity index (χ2n) is 6.72. The molecule has 2 N–H and O–H groups in total. The lowest BCUT2D eigenvalue weighted by molar-refractivity contribution is -0.137. The van der Waals surface area contributed by atoms with Crippen LogP contribution in [0, 0.1) is 18.8 Å². The van der Waals surface area contributed by atoms with Crippen LogP contribution in [0.5, 0.6) is 0 Å². The maximum Gasteiger partial charge on any atom is 0.416 e. The Bertz CT molecular complexity index is 847. The molecule has 0 aliphatic heterocycles. The highest BCUT2D eigenvalue weighted by Crippen LogP contribution is 2.40. The van der Waals surface area contributed by atoms with Gasteiger partial charge in [0.05, 0.1) is 17.4 Å². The van der Waals surface area contributed by atoms with Gasteiger partial charge in [-0.3, -0.25) is 9.59 Å². The average Bonchev–Trinajstić information content (AvgIpc) is 3.41. The van der Waals surface area contributed by atoms with Gasteiger partial charge in [0.1, 0.15) is 0 Å². The highest BCUT2D eigenvalue weighted by molar-refractivity contribution is 5.99. The number of alkyl halides is 3. The molecule has 0 bridgehead atoms. The maximum absolute atomic E-state index is 12.7. The van der Waals surface area contributed by atoms with Crippen molar-refractivity contribution in [1.82, 2.24) is 5.32 Å². The highest BCUT2D eigenvalue weighted by atomic mass is 19.4. The molecule has 3 rings (SSSR count). The third kappa shape index (κ3) is 4.87. The number of aryl methyl sites for hydroxylation is 1. The van der Waals surface area contributed by atoms with Crippen LogP contribution in [0.2, 0.25) is 0 Å². The number of benzene rings is 2. The number of halogens is 3. The zero-order valence-corrected chi connectivity index (χ0v) is 14.6. The first-order valence-electron chi connectivity index (χ1n) is 8.55. The van der Waals surface area contributed by atoms with E-state index in [2.05, 4.69) is 10.6 Å². The first-order valence-corrected chi connectivity index (χ1v) is 8.55. The summed E-state index contributed by atoms with van der Waals surface area (Å²) in [4.78, 5) is 24.3. The van der Waals surface area contributed by atoms with Crippen LogP contribution in [0.25, 0.3) is 0 Å². The van der Waals surface area contributed by atoms with Gasteiger partial charge in [-0.25, -0.2) is 0 Å². The molecular formula is C20H19F3N2O2. The van der Waals surface area contributed by atoms with E-state index in [0.29, 0.717) is 13.0 Å². The van der Waals surface area contributed by atoms with Crippen LogP contribution in [-0.2, 0) is 22.3 Å². The number of hydrogen-bond donors (Lipinski definition) is 2. The van der Waals surface area contributed by atoms with E-state index in [-0.39, 0.29) is 11.6 Å². The van der Waals surface area contributed by atoms with Crippen molar-refractivity contribution < 1.29 is 22.8 Å². The van der Waals surface area contributed by atoms with Gasteiger partial charge in [0.15, 0.2) is 0 Å². The molecule has 4 nitrogen and oxygen atoms in total. The van der Waals surface area contributed by atoms with Crippen LogP contribution >= 0.6 is 0 Å². The summed E-state index contributed by atoms with van der Waals surface area (Å²) in [5, 5.41) is 5.25. The minimum atomic E-state index is -4.47. The van der Waals surface area contributed by atoms with Gasteiger partial charge in [-0.15, -0.1) is 0 Å². The van der Waals surface area contributed by atoms with Crippen molar-refractivity contribution in [3.05, 3.63) is 65.2 Å². The van der Waals surface area contributed by atoms with Crippen LogP contribution in [0.1, 0.15) is 23.1 Å². The lowest BCUT2D eigenvalue weighted by atomic mass is 10.1. The molecule has 1 saturated carbocycles. The average molecular weight is 376 g/mol. The monoisotopic (exact) mass is 376 g/mol. The van der Waals surface area contributed by atoms with Gasteiger partial charge in [0, 0.05) is 12.2 Å². The summed E-state index contributed by atoms with van der Waals surface area (Å²) in [5.74, 6) is -1.62. The zero-order chi connectivity index (χ0) is 19.6. The van der Waals surface area contributed by atoms with E-state index in [1.807, 2.05) is 31.2 Å². The fourth-order valence-electron chi connectivity index (χ4n) is 2.81. The first-order chi connectivity index (χ1) is 12.7. The number of hydrogen-bond acceptors (Lipinski definition) is 2. The van der Waals surface area contributed by atoms with E-state index in [4.69, 9.17) is 0 Å². The van der Waals surface area contributed by atoms with E-state index in [1.165, 1.54) is 12.1 Å². The van der Waals surface area contributed by atoms with Crippen molar-refractivity contribution in [3.8, 4) is 0 Å². The number of rotatable bonds is 5. The predicted molar refractivity (Wildman–Crippen MR) is 94.7 cm³/mol. The molecule has 2 unspecified atom stereocenters. The second kappa shape index (κ2) is 7.42. The SMILES string of the molecule is Cc1ccc(CNC(=O)C2CC2C(=O)Nc2cccc(C(F)(F)F)c2)cc1. The summed E-state index contributed by atoms with van der Waals surface area (Å²) in [6, 6.07) is 12.2. The molecule has 2 aromatic carbocycles. The summed E-state index contributed by atoms with van der Waals surface area (Å²) in [5.41, 5.74) is 1.32. The van der Waals surface area contributed by atoms with E-state index in [1.54, 1.807) is 0 Å². The van der Waals surface area contributed by atoms with Gasteiger partial charge in [0.25, 0.3) is 0 Å². The number of carbonyl (C=O) groups is 2. The Balaban J connectivity index is 1.51. The van der Waals surface area contributed by atoms with Crippen LogP contribution in [0.15, 0.2) is 48.5 Å². The first kappa shape index (κ1) is 18.9. The van der Waals surface area contributed by atoms with E-state index >= 15 is 0 Å². The topological polar surface area (TPSA) is 58.2 Å². The maximum atomic E-state index is 12.7. The van der Waals surface area contributed by atoms with Crippen molar-refractivity contribution in [1.29, 1.82) is 0 Å². The molecule has 0 radical (unpaired) electrons. The van der Waals surface area contributed by atoms with Crippen molar-refractivity contribution in [2.75, 3.05) is 5.32 Å². The van der Waals surface area contributed by atoms with Crippen molar-refractivity contribution >= 4 is 17.5 Å². The van der Waals surface area contributed by atoms with Crippen LogP contribution in [0.4, 0.5) is 18.9 Å². The molecule has 1 aliphatic carbocycles. The Kier molecular flexibility index (Phi) is 5.21. The van der Waals surface area contributed by atoms with Crippen LogP contribution < -0.4 is 10.6 Å². The van der Waals surface area contributed by atoms with E-state index in [0.717, 1.165) is 23.3 Å². The second-order valence-corrected chi connectivity index (χ2v) is 6.72. The summed E-state index contributed by atoms with van der Waals surface area (Å²) >= 11 is 0. The number of nitrogens with one attached hydrogen (secondary N) is 2. The van der Waals surface area contributed by atoms with Gasteiger partial charge in [0.2, 0.25) is 11.8 Å². The van der Waals surface area contributed by atoms with Crippen molar-refractivity contribution in [3.63, 3.8) is 0 Å². The predicted octanol–water partition coefficient (Wildman–Crippen LogP) is 3.90. The molecule has 2 amide bonds. The molecule has 0 aromatic heterocycles. The summed E-state index contributed by atoms with van der Waals surface area (Å²) in [6.07, 6.45) is -4.08. The molecular weight excluding hydrogens is 357 g/mol. The Hall–Kier alpha value is -2.83. The standard InChI is InChI=1S/C20H19F3N2O2/c1-12-5-7-13(8-6-12)11-24-18(26)16-10-17(16)19(27)25-15-4-2-3-14(9-15)20(21,22)23/h2-9,16-17H,10-11H2,1H3,(H,24,26)(H,25,27).